The van der Waals surface area contributed by atoms with Crippen molar-refractivity contribution in [1.29, 1.82) is 0 Å². The zero-order valence-electron chi connectivity index (χ0n) is 11.3. The Balaban J connectivity index is 2.46. The number of aryl methyl sites for hydroxylation is 1. The summed E-state index contributed by atoms with van der Waals surface area (Å²) in [6.45, 7) is 5.94. The van der Waals surface area contributed by atoms with E-state index < -0.39 is 0 Å². The van der Waals surface area contributed by atoms with Crippen molar-refractivity contribution in [2.24, 2.45) is 0 Å². The summed E-state index contributed by atoms with van der Waals surface area (Å²) in [5.74, 6) is 0.842. The molecule has 0 bridgehead atoms. The van der Waals surface area contributed by atoms with Gasteiger partial charge in [0, 0.05) is 6.54 Å². The summed E-state index contributed by atoms with van der Waals surface area (Å²) in [6, 6.07) is 2.34. The van der Waals surface area contributed by atoms with Crippen molar-refractivity contribution in [2.45, 2.75) is 26.4 Å². The highest BCUT2D eigenvalue weighted by atomic mass is 127. The number of aromatic nitrogens is 2. The Bertz CT molecular complexity index is 516. The Morgan fingerprint density at radius 2 is 2.32 bits per heavy atom. The fourth-order valence-corrected chi connectivity index (χ4v) is 3.53. The van der Waals surface area contributed by atoms with E-state index in [0.29, 0.717) is 0 Å². The van der Waals surface area contributed by atoms with E-state index in [9.17, 15) is 0 Å². The average molecular weight is 391 g/mol. The lowest BCUT2D eigenvalue weighted by molar-refractivity contribution is 0.399. The molecule has 0 saturated heterocycles. The first-order valence-electron chi connectivity index (χ1n) is 6.28. The van der Waals surface area contributed by atoms with E-state index >= 15 is 0 Å². The molecule has 19 heavy (non-hydrogen) atoms. The van der Waals surface area contributed by atoms with Crippen LogP contribution < -0.4 is 10.1 Å². The SMILES string of the molecule is CCNC(c1csc(I)c1)c1c(OC)cnn1CC. The van der Waals surface area contributed by atoms with Gasteiger partial charge in [-0.25, -0.2) is 0 Å². The Morgan fingerprint density at radius 1 is 1.53 bits per heavy atom. The third-order valence-electron chi connectivity index (χ3n) is 2.97. The quantitative estimate of drug-likeness (QED) is 0.769. The van der Waals surface area contributed by atoms with Gasteiger partial charge in [-0.05, 0) is 53.1 Å². The van der Waals surface area contributed by atoms with E-state index in [2.05, 4.69) is 58.3 Å². The first kappa shape index (κ1) is 14.8. The molecule has 0 radical (unpaired) electrons. The van der Waals surface area contributed by atoms with Crippen LogP contribution in [0, 0.1) is 2.88 Å². The van der Waals surface area contributed by atoms with Gasteiger partial charge in [0.05, 0.1) is 22.2 Å². The monoisotopic (exact) mass is 391 g/mol. The zero-order valence-corrected chi connectivity index (χ0v) is 14.3. The van der Waals surface area contributed by atoms with E-state index in [1.54, 1.807) is 24.6 Å². The van der Waals surface area contributed by atoms with Crippen molar-refractivity contribution in [1.82, 2.24) is 15.1 Å². The van der Waals surface area contributed by atoms with E-state index in [4.69, 9.17) is 4.74 Å². The minimum atomic E-state index is 0.127. The summed E-state index contributed by atoms with van der Waals surface area (Å²) >= 11 is 4.11. The lowest BCUT2D eigenvalue weighted by atomic mass is 10.1. The number of nitrogens with one attached hydrogen (secondary N) is 1. The molecule has 0 aromatic carbocycles. The molecule has 1 atom stereocenters. The van der Waals surface area contributed by atoms with Crippen molar-refractivity contribution in [3.8, 4) is 5.75 Å². The maximum absolute atomic E-state index is 5.46. The largest absolute Gasteiger partial charge is 0.493 e. The summed E-state index contributed by atoms with van der Waals surface area (Å²) in [6.07, 6.45) is 1.79. The number of nitrogens with zero attached hydrogens (tertiary/aromatic N) is 2. The Labute approximate surface area is 131 Å². The van der Waals surface area contributed by atoms with Crippen LogP contribution in [0.2, 0.25) is 0 Å². The highest BCUT2D eigenvalue weighted by Gasteiger charge is 2.23. The van der Waals surface area contributed by atoms with Gasteiger partial charge >= 0.3 is 0 Å². The number of halogens is 1. The molecule has 1 unspecified atom stereocenters. The van der Waals surface area contributed by atoms with Gasteiger partial charge in [0.2, 0.25) is 0 Å². The minimum absolute atomic E-state index is 0.127. The normalized spacial score (nSPS) is 12.6. The van der Waals surface area contributed by atoms with Crippen LogP contribution in [0.5, 0.6) is 5.75 Å². The third-order valence-corrected chi connectivity index (χ3v) is 4.77. The molecule has 104 valence electrons. The van der Waals surface area contributed by atoms with Crippen molar-refractivity contribution in [3.05, 3.63) is 31.8 Å². The molecule has 0 fully saturated rings. The topological polar surface area (TPSA) is 39.1 Å². The summed E-state index contributed by atoms with van der Waals surface area (Å²) in [5, 5.41) is 10.1. The van der Waals surface area contributed by atoms with Gasteiger partial charge in [-0.1, -0.05) is 6.92 Å². The second-order valence-corrected chi connectivity index (χ2v) is 6.89. The fraction of sp³-hybridized carbons (Fsp3) is 0.462. The smallest absolute Gasteiger partial charge is 0.161 e. The standard InChI is InChI=1S/C13H18IN3OS/c1-4-15-12(9-6-11(14)19-8-9)13-10(18-3)7-16-17(13)5-2/h6-8,12,15H,4-5H2,1-3H3. The predicted octanol–water partition coefficient (Wildman–Crippen LogP) is 3.28. The van der Waals surface area contributed by atoms with Crippen molar-refractivity contribution in [2.75, 3.05) is 13.7 Å². The van der Waals surface area contributed by atoms with Gasteiger partial charge < -0.3 is 10.1 Å². The number of rotatable bonds is 6. The highest BCUT2D eigenvalue weighted by molar-refractivity contribution is 14.1. The minimum Gasteiger partial charge on any atom is -0.493 e. The Morgan fingerprint density at radius 3 is 2.84 bits per heavy atom. The summed E-state index contributed by atoms with van der Waals surface area (Å²) in [4.78, 5) is 0. The van der Waals surface area contributed by atoms with Crippen LogP contribution in [0.3, 0.4) is 0 Å². The van der Waals surface area contributed by atoms with Gasteiger partial charge in [-0.15, -0.1) is 11.3 Å². The second kappa shape index (κ2) is 6.71. The van der Waals surface area contributed by atoms with Crippen LogP contribution in [-0.2, 0) is 6.54 Å². The highest BCUT2D eigenvalue weighted by Crippen LogP contribution is 2.32. The lowest BCUT2D eigenvalue weighted by Gasteiger charge is -2.19. The van der Waals surface area contributed by atoms with E-state index in [-0.39, 0.29) is 6.04 Å². The molecular formula is C13H18IN3OS. The number of hydrogen-bond acceptors (Lipinski definition) is 4. The van der Waals surface area contributed by atoms with Crippen molar-refractivity contribution < 1.29 is 4.74 Å². The Kier molecular flexibility index (Phi) is 5.23. The lowest BCUT2D eigenvalue weighted by Crippen LogP contribution is -2.25. The summed E-state index contributed by atoms with van der Waals surface area (Å²) in [5.41, 5.74) is 2.37. The molecule has 2 rings (SSSR count). The first-order chi connectivity index (χ1) is 9.21. The first-order valence-corrected chi connectivity index (χ1v) is 8.24. The predicted molar refractivity (Wildman–Crippen MR) is 87.0 cm³/mol. The third kappa shape index (κ3) is 3.11. The van der Waals surface area contributed by atoms with Gasteiger partial charge in [0.1, 0.15) is 5.69 Å². The van der Waals surface area contributed by atoms with Crippen molar-refractivity contribution in [3.63, 3.8) is 0 Å². The number of methoxy groups -OCH3 is 1. The summed E-state index contributed by atoms with van der Waals surface area (Å²) in [7, 11) is 1.70. The molecule has 0 aliphatic rings. The fourth-order valence-electron chi connectivity index (χ4n) is 2.13. The molecule has 0 spiro atoms. The number of ether oxygens (including phenoxy) is 1. The van der Waals surface area contributed by atoms with Gasteiger partial charge in [0.25, 0.3) is 0 Å². The molecule has 1 N–H and O–H groups in total. The van der Waals surface area contributed by atoms with Crippen LogP contribution >= 0.6 is 33.9 Å². The molecule has 2 heterocycles. The molecule has 6 heteroatoms. The van der Waals surface area contributed by atoms with Crippen LogP contribution in [0.4, 0.5) is 0 Å². The van der Waals surface area contributed by atoms with Crippen molar-refractivity contribution >= 4 is 33.9 Å². The van der Waals surface area contributed by atoms with Gasteiger partial charge in [0.15, 0.2) is 5.75 Å². The average Bonchev–Trinajstić information content (AvgIpc) is 3.01. The molecule has 0 aliphatic heterocycles. The summed E-state index contributed by atoms with van der Waals surface area (Å²) < 4.78 is 8.75. The van der Waals surface area contributed by atoms with E-state index in [0.717, 1.165) is 24.5 Å². The number of hydrogen-bond donors (Lipinski definition) is 1. The van der Waals surface area contributed by atoms with Crippen LogP contribution in [0.1, 0.15) is 31.1 Å². The van der Waals surface area contributed by atoms with Crippen LogP contribution in [0.15, 0.2) is 17.6 Å². The van der Waals surface area contributed by atoms with Gasteiger partial charge in [-0.3, -0.25) is 4.68 Å². The maximum atomic E-state index is 5.46. The van der Waals surface area contributed by atoms with Crippen LogP contribution in [0.25, 0.3) is 0 Å². The van der Waals surface area contributed by atoms with Crippen LogP contribution in [-0.4, -0.2) is 23.4 Å². The molecule has 0 amide bonds. The molecular weight excluding hydrogens is 373 g/mol. The van der Waals surface area contributed by atoms with E-state index in [1.165, 1.54) is 8.45 Å². The molecule has 0 saturated carbocycles. The molecule has 2 aromatic heterocycles. The Hall–Kier alpha value is -0.600. The zero-order chi connectivity index (χ0) is 13.8. The molecule has 0 aliphatic carbocycles. The van der Waals surface area contributed by atoms with Gasteiger partial charge in [-0.2, -0.15) is 5.10 Å². The molecule has 2 aromatic rings. The second-order valence-electron chi connectivity index (χ2n) is 4.09. The number of thiophene rings is 1. The van der Waals surface area contributed by atoms with E-state index in [1.807, 2.05) is 4.68 Å². The maximum Gasteiger partial charge on any atom is 0.161 e. The molecule has 4 nitrogen and oxygen atoms in total.